The molecule has 0 saturated heterocycles. The number of amides is 2. The molecule has 1 N–H and O–H groups in total. The van der Waals surface area contributed by atoms with Crippen LogP contribution in [0.5, 0.6) is 5.75 Å². The summed E-state index contributed by atoms with van der Waals surface area (Å²) in [4.78, 5) is 32.0. The Bertz CT molecular complexity index is 1430. The van der Waals surface area contributed by atoms with Gasteiger partial charge in [0.05, 0.1) is 6.04 Å². The SMILES string of the molecule is O=C(NCc1ccccc1)c1coc(COc2ccc3c(c2)C(c2ccccc2)N(C(=O)C2CC2)CC3)n1. The minimum atomic E-state index is -0.302. The number of carbonyl (C=O) groups excluding carboxylic acids is 2. The topological polar surface area (TPSA) is 84.7 Å². The van der Waals surface area contributed by atoms with Gasteiger partial charge in [-0.1, -0.05) is 66.7 Å². The molecule has 3 aromatic carbocycles. The number of nitrogens with zero attached hydrogens (tertiary/aromatic N) is 2. The van der Waals surface area contributed by atoms with Gasteiger partial charge in [0.25, 0.3) is 5.91 Å². The van der Waals surface area contributed by atoms with E-state index >= 15 is 0 Å². The highest BCUT2D eigenvalue weighted by Crippen LogP contribution is 2.41. The molecule has 1 unspecified atom stereocenters. The summed E-state index contributed by atoms with van der Waals surface area (Å²) in [7, 11) is 0. The molecule has 0 spiro atoms. The quantitative estimate of drug-likeness (QED) is 0.360. The Labute approximate surface area is 221 Å². The van der Waals surface area contributed by atoms with Crippen LogP contribution in [0.25, 0.3) is 0 Å². The van der Waals surface area contributed by atoms with Crippen molar-refractivity contribution in [3.05, 3.63) is 119 Å². The van der Waals surface area contributed by atoms with Crippen LogP contribution in [0.15, 0.2) is 89.5 Å². The molecule has 1 saturated carbocycles. The maximum atomic E-state index is 13.2. The molecular formula is C31H29N3O4. The number of ether oxygens (including phenoxy) is 1. The van der Waals surface area contributed by atoms with Gasteiger partial charge in [-0.05, 0) is 53.6 Å². The van der Waals surface area contributed by atoms with Gasteiger partial charge in [0.2, 0.25) is 11.8 Å². The third-order valence-electron chi connectivity index (χ3n) is 7.11. The molecule has 1 fully saturated rings. The fourth-order valence-electron chi connectivity index (χ4n) is 4.98. The molecule has 38 heavy (non-hydrogen) atoms. The molecule has 1 aromatic heterocycles. The van der Waals surface area contributed by atoms with Gasteiger partial charge >= 0.3 is 0 Å². The number of fused-ring (bicyclic) bond motifs is 1. The van der Waals surface area contributed by atoms with E-state index < -0.39 is 0 Å². The molecule has 1 atom stereocenters. The lowest BCUT2D eigenvalue weighted by Crippen LogP contribution is -2.41. The molecule has 0 radical (unpaired) electrons. The lowest BCUT2D eigenvalue weighted by Gasteiger charge is -2.38. The summed E-state index contributed by atoms with van der Waals surface area (Å²) in [5.74, 6) is 1.08. The van der Waals surface area contributed by atoms with E-state index in [0.717, 1.165) is 36.0 Å². The van der Waals surface area contributed by atoms with Crippen molar-refractivity contribution in [3.63, 3.8) is 0 Å². The zero-order valence-electron chi connectivity index (χ0n) is 21.0. The van der Waals surface area contributed by atoms with Crippen molar-refractivity contribution in [1.82, 2.24) is 15.2 Å². The minimum absolute atomic E-state index is 0.0888. The second kappa shape index (κ2) is 10.5. The van der Waals surface area contributed by atoms with Gasteiger partial charge in [-0.25, -0.2) is 4.98 Å². The molecule has 192 valence electrons. The van der Waals surface area contributed by atoms with E-state index in [1.807, 2.05) is 65.6 Å². The van der Waals surface area contributed by atoms with Crippen molar-refractivity contribution in [2.75, 3.05) is 6.54 Å². The normalized spacial score (nSPS) is 16.5. The first-order valence-electron chi connectivity index (χ1n) is 13.0. The molecule has 7 heteroatoms. The van der Waals surface area contributed by atoms with E-state index in [1.165, 1.54) is 11.8 Å². The van der Waals surface area contributed by atoms with Crippen molar-refractivity contribution >= 4 is 11.8 Å². The molecule has 6 rings (SSSR count). The molecule has 4 aromatic rings. The Kier molecular flexibility index (Phi) is 6.65. The monoisotopic (exact) mass is 507 g/mol. The number of rotatable bonds is 8. The molecule has 7 nitrogen and oxygen atoms in total. The third-order valence-corrected chi connectivity index (χ3v) is 7.11. The van der Waals surface area contributed by atoms with Crippen LogP contribution in [0.4, 0.5) is 0 Å². The first-order chi connectivity index (χ1) is 18.7. The zero-order valence-corrected chi connectivity index (χ0v) is 21.0. The Morgan fingerprint density at radius 3 is 2.53 bits per heavy atom. The number of oxazole rings is 1. The molecule has 2 aliphatic rings. The molecular weight excluding hydrogens is 478 g/mol. The fourth-order valence-corrected chi connectivity index (χ4v) is 4.98. The van der Waals surface area contributed by atoms with Gasteiger partial charge in [-0.2, -0.15) is 0 Å². The van der Waals surface area contributed by atoms with E-state index in [2.05, 4.69) is 28.5 Å². The molecule has 0 bridgehead atoms. The first kappa shape index (κ1) is 24.0. The summed E-state index contributed by atoms with van der Waals surface area (Å²) < 4.78 is 11.5. The van der Waals surface area contributed by atoms with Crippen LogP contribution in [-0.4, -0.2) is 28.2 Å². The highest BCUT2D eigenvalue weighted by Gasteiger charge is 2.39. The number of carbonyl (C=O) groups is 2. The lowest BCUT2D eigenvalue weighted by atomic mass is 9.87. The summed E-state index contributed by atoms with van der Waals surface area (Å²) in [6, 6.07) is 25.8. The lowest BCUT2D eigenvalue weighted by molar-refractivity contribution is -0.134. The summed E-state index contributed by atoms with van der Waals surface area (Å²) >= 11 is 0. The van der Waals surface area contributed by atoms with Crippen LogP contribution >= 0.6 is 0 Å². The van der Waals surface area contributed by atoms with Gasteiger partial charge in [0.15, 0.2) is 12.3 Å². The van der Waals surface area contributed by atoms with Crippen LogP contribution in [-0.2, 0) is 24.4 Å². The Balaban J connectivity index is 1.16. The maximum Gasteiger partial charge on any atom is 0.273 e. The largest absolute Gasteiger partial charge is 0.484 e. The molecule has 2 amide bonds. The predicted octanol–water partition coefficient (Wildman–Crippen LogP) is 5.07. The smallest absolute Gasteiger partial charge is 0.273 e. The van der Waals surface area contributed by atoms with Gasteiger partial charge in [0, 0.05) is 19.0 Å². The average molecular weight is 508 g/mol. The van der Waals surface area contributed by atoms with E-state index in [0.29, 0.717) is 24.7 Å². The average Bonchev–Trinajstić information content (AvgIpc) is 3.71. The van der Waals surface area contributed by atoms with E-state index in [9.17, 15) is 9.59 Å². The van der Waals surface area contributed by atoms with Gasteiger partial charge in [-0.3, -0.25) is 9.59 Å². The molecule has 1 aliphatic heterocycles. The molecule has 2 heterocycles. The standard InChI is InChI=1S/C31H29N3O4/c35-30(32-18-21-7-3-1-4-8-21)27-19-38-28(33-27)20-37-25-14-13-22-15-16-34(31(36)24-11-12-24)29(26(22)17-25)23-9-5-2-6-10-23/h1-10,13-14,17,19,24,29H,11-12,15-16,18,20H2,(H,32,35). The number of aromatic nitrogens is 1. The van der Waals surface area contributed by atoms with E-state index in [4.69, 9.17) is 9.15 Å². The number of hydrogen-bond acceptors (Lipinski definition) is 5. The number of hydrogen-bond donors (Lipinski definition) is 1. The molecule has 1 aliphatic carbocycles. The second-order valence-electron chi connectivity index (χ2n) is 9.81. The van der Waals surface area contributed by atoms with Crippen LogP contribution in [0.3, 0.4) is 0 Å². The Morgan fingerprint density at radius 2 is 1.76 bits per heavy atom. The second-order valence-corrected chi connectivity index (χ2v) is 9.81. The highest BCUT2D eigenvalue weighted by molar-refractivity contribution is 5.91. The van der Waals surface area contributed by atoms with Gasteiger partial charge < -0.3 is 19.4 Å². The summed E-state index contributed by atoms with van der Waals surface area (Å²) in [5.41, 5.74) is 4.62. The minimum Gasteiger partial charge on any atom is -0.484 e. The summed E-state index contributed by atoms with van der Waals surface area (Å²) in [6.07, 6.45) is 4.13. The highest BCUT2D eigenvalue weighted by atomic mass is 16.5. The Hall–Kier alpha value is -4.39. The van der Waals surface area contributed by atoms with Crippen molar-refractivity contribution in [2.24, 2.45) is 5.92 Å². The Morgan fingerprint density at radius 1 is 1.00 bits per heavy atom. The number of benzene rings is 3. The zero-order chi connectivity index (χ0) is 25.9. The van der Waals surface area contributed by atoms with Gasteiger partial charge in [-0.15, -0.1) is 0 Å². The van der Waals surface area contributed by atoms with Crippen molar-refractivity contribution in [3.8, 4) is 5.75 Å². The van der Waals surface area contributed by atoms with Gasteiger partial charge in [0.1, 0.15) is 12.0 Å². The first-order valence-corrected chi connectivity index (χ1v) is 13.0. The van der Waals surface area contributed by atoms with Crippen molar-refractivity contribution in [2.45, 2.75) is 38.5 Å². The van der Waals surface area contributed by atoms with Crippen molar-refractivity contribution < 1.29 is 18.7 Å². The number of nitrogens with one attached hydrogen (secondary N) is 1. The summed E-state index contributed by atoms with van der Waals surface area (Å²) in [6.45, 7) is 1.22. The van der Waals surface area contributed by atoms with Crippen molar-refractivity contribution in [1.29, 1.82) is 0 Å². The van der Waals surface area contributed by atoms with Crippen LogP contribution < -0.4 is 10.1 Å². The third kappa shape index (κ3) is 5.18. The predicted molar refractivity (Wildman–Crippen MR) is 141 cm³/mol. The van der Waals surface area contributed by atoms with Crippen LogP contribution in [0.1, 0.15) is 57.5 Å². The maximum absolute atomic E-state index is 13.2. The van der Waals surface area contributed by atoms with Crippen LogP contribution in [0.2, 0.25) is 0 Å². The fraction of sp³-hybridized carbons (Fsp3) is 0.258. The summed E-state index contributed by atoms with van der Waals surface area (Å²) in [5, 5.41) is 2.85. The van der Waals surface area contributed by atoms with E-state index in [1.54, 1.807) is 0 Å². The van der Waals surface area contributed by atoms with E-state index in [-0.39, 0.29) is 36.1 Å². The van der Waals surface area contributed by atoms with Crippen LogP contribution in [0, 0.1) is 5.92 Å².